The minimum Gasteiger partial charge on any atom is -0.299 e. The first kappa shape index (κ1) is 6.66. The van der Waals surface area contributed by atoms with Crippen LogP contribution in [-0.2, 0) is 0 Å². The molecular formula is C11H8N2. The second-order valence-corrected chi connectivity index (χ2v) is 3.08. The van der Waals surface area contributed by atoms with Crippen LogP contribution in [0.5, 0.6) is 0 Å². The van der Waals surface area contributed by atoms with Crippen LogP contribution in [0.1, 0.15) is 0 Å². The smallest absolute Gasteiger partial charge is 0.0997 e. The first-order valence-corrected chi connectivity index (χ1v) is 4.25. The Morgan fingerprint density at radius 3 is 2.92 bits per heavy atom. The van der Waals surface area contributed by atoms with Crippen molar-refractivity contribution in [3.8, 4) is 0 Å². The second-order valence-electron chi connectivity index (χ2n) is 3.08. The summed E-state index contributed by atoms with van der Waals surface area (Å²) in [6, 6.07) is 12.5. The van der Waals surface area contributed by atoms with Crippen molar-refractivity contribution in [3.63, 3.8) is 0 Å². The van der Waals surface area contributed by atoms with Crippen LogP contribution in [0.3, 0.4) is 0 Å². The third-order valence-corrected chi connectivity index (χ3v) is 2.30. The molecule has 3 rings (SSSR count). The van der Waals surface area contributed by atoms with Crippen LogP contribution in [0.2, 0.25) is 0 Å². The zero-order chi connectivity index (χ0) is 8.67. The highest BCUT2D eigenvalue weighted by molar-refractivity contribution is 5.82. The van der Waals surface area contributed by atoms with Gasteiger partial charge in [-0.25, -0.2) is 4.98 Å². The maximum absolute atomic E-state index is 4.11. The van der Waals surface area contributed by atoms with Crippen molar-refractivity contribution in [2.24, 2.45) is 0 Å². The molecule has 0 radical (unpaired) electrons. The molecule has 0 spiro atoms. The van der Waals surface area contributed by atoms with Crippen molar-refractivity contribution in [1.82, 2.24) is 9.38 Å². The Morgan fingerprint density at radius 2 is 1.92 bits per heavy atom. The van der Waals surface area contributed by atoms with Crippen LogP contribution < -0.4 is 0 Å². The van der Waals surface area contributed by atoms with Gasteiger partial charge in [0, 0.05) is 0 Å². The molecule has 0 fully saturated rings. The summed E-state index contributed by atoms with van der Waals surface area (Å²) < 4.78 is 2.09. The van der Waals surface area contributed by atoms with Crippen molar-refractivity contribution in [1.29, 1.82) is 0 Å². The number of fused-ring (bicyclic) bond motifs is 3. The molecule has 62 valence electrons. The lowest BCUT2D eigenvalue weighted by atomic mass is 10.2. The molecule has 13 heavy (non-hydrogen) atoms. The molecule has 0 atom stereocenters. The number of hydrogen-bond acceptors (Lipinski definition) is 1. The quantitative estimate of drug-likeness (QED) is 0.504. The van der Waals surface area contributed by atoms with Crippen molar-refractivity contribution < 1.29 is 0 Å². The summed E-state index contributed by atoms with van der Waals surface area (Å²) in [6.45, 7) is 0. The maximum Gasteiger partial charge on any atom is 0.0997 e. The molecule has 0 amide bonds. The van der Waals surface area contributed by atoms with Gasteiger partial charge in [-0.2, -0.15) is 0 Å². The molecule has 3 aromatic rings. The average molecular weight is 168 g/mol. The van der Waals surface area contributed by atoms with Gasteiger partial charge in [-0.3, -0.25) is 4.40 Å². The third kappa shape index (κ3) is 0.855. The lowest BCUT2D eigenvalue weighted by Crippen LogP contribution is -1.84. The first-order chi connectivity index (χ1) is 6.45. The molecule has 0 N–H and O–H groups in total. The van der Waals surface area contributed by atoms with E-state index >= 15 is 0 Å². The minimum absolute atomic E-state index is 1.14. The Morgan fingerprint density at radius 1 is 1.00 bits per heavy atom. The maximum atomic E-state index is 4.11. The summed E-state index contributed by atoms with van der Waals surface area (Å²) >= 11 is 0. The highest BCUT2D eigenvalue weighted by Gasteiger charge is 1.97. The topological polar surface area (TPSA) is 17.3 Å². The van der Waals surface area contributed by atoms with Gasteiger partial charge >= 0.3 is 0 Å². The molecule has 0 aliphatic rings. The largest absolute Gasteiger partial charge is 0.299 e. The zero-order valence-electron chi connectivity index (χ0n) is 7.01. The van der Waals surface area contributed by atoms with Crippen molar-refractivity contribution >= 4 is 16.4 Å². The van der Waals surface area contributed by atoms with Crippen LogP contribution >= 0.6 is 0 Å². The Hall–Kier alpha value is -1.83. The van der Waals surface area contributed by atoms with Crippen molar-refractivity contribution in [3.05, 3.63) is 48.9 Å². The SMILES string of the molecule is c1ccc2c(c1)ccc1cncn12. The standard InChI is InChI=1S/C11H8N2/c1-2-4-11-9(3-1)5-6-10-7-12-8-13(10)11/h1-8H. The van der Waals surface area contributed by atoms with Crippen LogP contribution in [0.4, 0.5) is 0 Å². The van der Waals surface area contributed by atoms with E-state index in [9.17, 15) is 0 Å². The van der Waals surface area contributed by atoms with Gasteiger partial charge in [0.05, 0.1) is 23.6 Å². The monoisotopic (exact) mass is 168 g/mol. The summed E-state index contributed by atoms with van der Waals surface area (Å²) in [5.41, 5.74) is 2.34. The van der Waals surface area contributed by atoms with Gasteiger partial charge < -0.3 is 0 Å². The normalized spacial score (nSPS) is 11.1. The molecule has 2 heteroatoms. The number of para-hydroxylation sites is 1. The van der Waals surface area contributed by atoms with Gasteiger partial charge in [-0.05, 0) is 17.5 Å². The number of aromatic nitrogens is 2. The van der Waals surface area contributed by atoms with E-state index in [0.717, 1.165) is 5.52 Å². The molecule has 0 saturated carbocycles. The third-order valence-electron chi connectivity index (χ3n) is 2.30. The van der Waals surface area contributed by atoms with E-state index in [1.54, 1.807) is 0 Å². The number of hydrogen-bond donors (Lipinski definition) is 0. The van der Waals surface area contributed by atoms with Crippen LogP contribution in [0.25, 0.3) is 16.4 Å². The van der Waals surface area contributed by atoms with E-state index < -0.39 is 0 Å². The predicted octanol–water partition coefficient (Wildman–Crippen LogP) is 2.49. The molecule has 0 unspecified atom stereocenters. The fraction of sp³-hybridized carbons (Fsp3) is 0. The molecular weight excluding hydrogens is 160 g/mol. The molecule has 0 aliphatic heterocycles. The highest BCUT2D eigenvalue weighted by Crippen LogP contribution is 2.15. The fourth-order valence-corrected chi connectivity index (χ4v) is 1.65. The average Bonchev–Trinajstić information content (AvgIpc) is 2.65. The van der Waals surface area contributed by atoms with E-state index in [1.165, 1.54) is 10.9 Å². The van der Waals surface area contributed by atoms with Gasteiger partial charge in [0.2, 0.25) is 0 Å². The van der Waals surface area contributed by atoms with Gasteiger partial charge in [0.25, 0.3) is 0 Å². The highest BCUT2D eigenvalue weighted by atomic mass is 15.0. The molecule has 0 bridgehead atoms. The first-order valence-electron chi connectivity index (χ1n) is 4.25. The molecule has 1 aromatic carbocycles. The molecule has 2 heterocycles. The zero-order valence-corrected chi connectivity index (χ0v) is 7.01. The van der Waals surface area contributed by atoms with E-state index in [1.807, 2.05) is 24.7 Å². The Labute approximate surface area is 75.5 Å². The van der Waals surface area contributed by atoms with Crippen LogP contribution in [-0.4, -0.2) is 9.38 Å². The Balaban J connectivity index is 2.65. The Kier molecular flexibility index (Phi) is 1.19. The summed E-state index contributed by atoms with van der Waals surface area (Å²) in [5.74, 6) is 0. The van der Waals surface area contributed by atoms with E-state index in [4.69, 9.17) is 0 Å². The fourth-order valence-electron chi connectivity index (χ4n) is 1.65. The van der Waals surface area contributed by atoms with E-state index in [2.05, 4.69) is 33.7 Å². The Bertz CT molecular complexity index is 566. The van der Waals surface area contributed by atoms with Gasteiger partial charge in [0.1, 0.15) is 0 Å². The van der Waals surface area contributed by atoms with Crippen LogP contribution in [0, 0.1) is 0 Å². The lowest BCUT2D eigenvalue weighted by Gasteiger charge is -2.00. The van der Waals surface area contributed by atoms with E-state index in [-0.39, 0.29) is 0 Å². The number of pyridine rings is 1. The number of nitrogens with zero attached hydrogens (tertiary/aromatic N) is 2. The summed E-state index contributed by atoms with van der Waals surface area (Å²) in [5, 5.41) is 1.24. The number of benzene rings is 1. The van der Waals surface area contributed by atoms with Gasteiger partial charge in [-0.1, -0.05) is 24.3 Å². The minimum atomic E-state index is 1.14. The number of imidazole rings is 1. The molecule has 0 saturated heterocycles. The van der Waals surface area contributed by atoms with Gasteiger partial charge in [-0.15, -0.1) is 0 Å². The lowest BCUT2D eigenvalue weighted by molar-refractivity contribution is 1.21. The number of rotatable bonds is 0. The summed E-state index contributed by atoms with van der Waals surface area (Å²) in [6.07, 6.45) is 3.71. The second kappa shape index (κ2) is 2.33. The van der Waals surface area contributed by atoms with E-state index in [0.29, 0.717) is 0 Å². The van der Waals surface area contributed by atoms with Crippen molar-refractivity contribution in [2.75, 3.05) is 0 Å². The molecule has 2 nitrogen and oxygen atoms in total. The molecule has 2 aromatic heterocycles. The van der Waals surface area contributed by atoms with Crippen LogP contribution in [0.15, 0.2) is 48.9 Å². The van der Waals surface area contributed by atoms with Crippen molar-refractivity contribution in [2.45, 2.75) is 0 Å². The summed E-state index contributed by atoms with van der Waals surface area (Å²) in [4.78, 5) is 4.11. The van der Waals surface area contributed by atoms with Gasteiger partial charge in [0.15, 0.2) is 0 Å². The molecule has 0 aliphatic carbocycles. The summed E-state index contributed by atoms with van der Waals surface area (Å²) in [7, 11) is 0. The predicted molar refractivity (Wildman–Crippen MR) is 52.7 cm³/mol.